The number of rotatable bonds is 1. The van der Waals surface area contributed by atoms with Gasteiger partial charge in [-0.15, -0.1) is 0 Å². The van der Waals surface area contributed by atoms with E-state index in [0.717, 1.165) is 10.9 Å². The van der Waals surface area contributed by atoms with Gasteiger partial charge >= 0.3 is 0 Å². The summed E-state index contributed by atoms with van der Waals surface area (Å²) >= 11 is 6.79. The standard InChI is InChI=1S/C9H9NS2/c11-9-10-6-8(12-9)7-4-2-1-3-5-7/h1-5,8H,6H2,(H,10,11). The third-order valence-electron chi connectivity index (χ3n) is 1.85. The lowest BCUT2D eigenvalue weighted by Crippen LogP contribution is -2.11. The van der Waals surface area contributed by atoms with Gasteiger partial charge in [0.1, 0.15) is 4.32 Å². The zero-order chi connectivity index (χ0) is 8.39. The van der Waals surface area contributed by atoms with Gasteiger partial charge in [-0.05, 0) is 5.56 Å². The van der Waals surface area contributed by atoms with Crippen molar-refractivity contribution >= 4 is 28.3 Å². The number of nitrogens with one attached hydrogen (secondary N) is 1. The third-order valence-corrected chi connectivity index (χ3v) is 3.37. The molecule has 62 valence electrons. The first-order valence-electron chi connectivity index (χ1n) is 3.86. The second-order valence-corrected chi connectivity index (χ2v) is 4.57. The zero-order valence-corrected chi connectivity index (χ0v) is 8.12. The van der Waals surface area contributed by atoms with E-state index < -0.39 is 0 Å². The molecule has 2 rings (SSSR count). The van der Waals surface area contributed by atoms with Crippen molar-refractivity contribution < 1.29 is 0 Å². The van der Waals surface area contributed by atoms with Crippen molar-refractivity contribution in [2.45, 2.75) is 5.25 Å². The molecule has 0 spiro atoms. The molecule has 3 heteroatoms. The molecule has 1 saturated heterocycles. The largest absolute Gasteiger partial charge is 0.369 e. The maximum Gasteiger partial charge on any atom is 0.134 e. The van der Waals surface area contributed by atoms with Crippen LogP contribution in [0.5, 0.6) is 0 Å². The smallest absolute Gasteiger partial charge is 0.134 e. The van der Waals surface area contributed by atoms with Gasteiger partial charge in [0.2, 0.25) is 0 Å². The molecule has 1 aromatic carbocycles. The van der Waals surface area contributed by atoms with Crippen molar-refractivity contribution in [2.75, 3.05) is 6.54 Å². The van der Waals surface area contributed by atoms with Gasteiger partial charge in [-0.1, -0.05) is 54.3 Å². The van der Waals surface area contributed by atoms with Gasteiger partial charge in [-0.3, -0.25) is 0 Å². The van der Waals surface area contributed by atoms with E-state index in [1.807, 2.05) is 6.07 Å². The molecule has 12 heavy (non-hydrogen) atoms. The van der Waals surface area contributed by atoms with Crippen LogP contribution in [-0.2, 0) is 0 Å². The Balaban J connectivity index is 2.16. The Morgan fingerprint density at radius 1 is 1.33 bits per heavy atom. The highest BCUT2D eigenvalue weighted by atomic mass is 32.2. The highest BCUT2D eigenvalue weighted by Gasteiger charge is 2.20. The van der Waals surface area contributed by atoms with Crippen LogP contribution in [0.15, 0.2) is 30.3 Å². The van der Waals surface area contributed by atoms with Crippen LogP contribution in [0, 0.1) is 0 Å². The normalized spacial score (nSPS) is 22.3. The summed E-state index contributed by atoms with van der Waals surface area (Å²) < 4.78 is 0.920. The van der Waals surface area contributed by atoms with Crippen molar-refractivity contribution in [3.63, 3.8) is 0 Å². The summed E-state index contributed by atoms with van der Waals surface area (Å²) in [6, 6.07) is 10.5. The summed E-state index contributed by atoms with van der Waals surface area (Å²) in [5.41, 5.74) is 1.36. The molecule has 0 amide bonds. The van der Waals surface area contributed by atoms with Crippen LogP contribution >= 0.6 is 24.0 Å². The van der Waals surface area contributed by atoms with Crippen LogP contribution in [0.4, 0.5) is 0 Å². The fourth-order valence-electron chi connectivity index (χ4n) is 1.24. The predicted molar refractivity (Wildman–Crippen MR) is 57.4 cm³/mol. The molecular formula is C9H9NS2. The molecule has 1 aliphatic rings. The van der Waals surface area contributed by atoms with Crippen molar-refractivity contribution in [1.82, 2.24) is 5.32 Å². The lowest BCUT2D eigenvalue weighted by molar-refractivity contribution is 0.888. The molecule has 1 nitrogen and oxygen atoms in total. The van der Waals surface area contributed by atoms with Crippen molar-refractivity contribution in [1.29, 1.82) is 0 Å². The summed E-state index contributed by atoms with van der Waals surface area (Å²) in [5, 5.41) is 3.68. The van der Waals surface area contributed by atoms with E-state index >= 15 is 0 Å². The molecule has 0 bridgehead atoms. The van der Waals surface area contributed by atoms with Crippen LogP contribution in [0.3, 0.4) is 0 Å². The van der Waals surface area contributed by atoms with E-state index in [1.165, 1.54) is 5.56 Å². The molecular weight excluding hydrogens is 186 g/mol. The van der Waals surface area contributed by atoms with Crippen molar-refractivity contribution in [3.8, 4) is 0 Å². The first-order valence-corrected chi connectivity index (χ1v) is 5.14. The molecule has 1 N–H and O–H groups in total. The Kier molecular flexibility index (Phi) is 2.33. The van der Waals surface area contributed by atoms with E-state index in [4.69, 9.17) is 12.2 Å². The summed E-state index contributed by atoms with van der Waals surface area (Å²) in [4.78, 5) is 0. The highest BCUT2D eigenvalue weighted by molar-refractivity contribution is 8.23. The lowest BCUT2D eigenvalue weighted by Gasteiger charge is -2.05. The molecule has 1 atom stereocenters. The quantitative estimate of drug-likeness (QED) is 0.691. The third kappa shape index (κ3) is 1.62. The SMILES string of the molecule is S=C1NCC(c2ccccc2)S1. The molecule has 1 aliphatic heterocycles. The molecule has 1 heterocycles. The Hall–Kier alpha value is -0.540. The van der Waals surface area contributed by atoms with Crippen LogP contribution in [0.2, 0.25) is 0 Å². The van der Waals surface area contributed by atoms with E-state index in [0.29, 0.717) is 5.25 Å². The van der Waals surface area contributed by atoms with Crippen molar-refractivity contribution in [2.24, 2.45) is 0 Å². The molecule has 1 aromatic rings. The van der Waals surface area contributed by atoms with E-state index in [9.17, 15) is 0 Å². The molecule has 0 aliphatic carbocycles. The molecule has 0 aromatic heterocycles. The second-order valence-electron chi connectivity index (χ2n) is 2.69. The highest BCUT2D eigenvalue weighted by Crippen LogP contribution is 2.32. The zero-order valence-electron chi connectivity index (χ0n) is 6.49. The summed E-state index contributed by atoms with van der Waals surface area (Å²) in [6.45, 7) is 0.966. The first kappa shape index (κ1) is 8.08. The van der Waals surface area contributed by atoms with Crippen LogP contribution < -0.4 is 5.32 Å². The number of benzene rings is 1. The number of thioether (sulfide) groups is 1. The molecule has 1 unspecified atom stereocenters. The van der Waals surface area contributed by atoms with Crippen LogP contribution in [-0.4, -0.2) is 10.9 Å². The lowest BCUT2D eigenvalue weighted by atomic mass is 10.1. The van der Waals surface area contributed by atoms with Gasteiger partial charge in [-0.25, -0.2) is 0 Å². The minimum Gasteiger partial charge on any atom is -0.369 e. The number of thiocarbonyl (C=S) groups is 1. The Bertz CT molecular complexity index is 284. The average molecular weight is 195 g/mol. The van der Waals surface area contributed by atoms with Gasteiger partial charge in [0, 0.05) is 6.54 Å². The van der Waals surface area contributed by atoms with E-state index in [-0.39, 0.29) is 0 Å². The summed E-state index contributed by atoms with van der Waals surface area (Å²) in [5.74, 6) is 0. The number of hydrogen-bond acceptors (Lipinski definition) is 2. The minimum absolute atomic E-state index is 0.513. The summed E-state index contributed by atoms with van der Waals surface area (Å²) in [6.07, 6.45) is 0. The Labute approximate surface area is 81.6 Å². The fraction of sp³-hybridized carbons (Fsp3) is 0.222. The monoisotopic (exact) mass is 195 g/mol. The van der Waals surface area contributed by atoms with Gasteiger partial charge in [-0.2, -0.15) is 0 Å². The Morgan fingerprint density at radius 2 is 2.08 bits per heavy atom. The molecule has 0 radical (unpaired) electrons. The van der Waals surface area contributed by atoms with Gasteiger partial charge in [0.25, 0.3) is 0 Å². The van der Waals surface area contributed by atoms with Crippen LogP contribution in [0.1, 0.15) is 10.8 Å². The van der Waals surface area contributed by atoms with Gasteiger partial charge in [0.05, 0.1) is 5.25 Å². The maximum absolute atomic E-state index is 5.05. The fourth-order valence-corrected chi connectivity index (χ4v) is 2.56. The minimum atomic E-state index is 0.513. The topological polar surface area (TPSA) is 12.0 Å². The van der Waals surface area contributed by atoms with E-state index in [1.54, 1.807) is 11.8 Å². The molecule has 0 saturated carbocycles. The van der Waals surface area contributed by atoms with Crippen molar-refractivity contribution in [3.05, 3.63) is 35.9 Å². The van der Waals surface area contributed by atoms with Crippen LogP contribution in [0.25, 0.3) is 0 Å². The second kappa shape index (κ2) is 3.46. The van der Waals surface area contributed by atoms with Gasteiger partial charge in [0.15, 0.2) is 0 Å². The predicted octanol–water partition coefficient (Wildman–Crippen LogP) is 2.35. The average Bonchev–Trinajstić information content (AvgIpc) is 2.54. The van der Waals surface area contributed by atoms with E-state index in [2.05, 4.69) is 29.6 Å². The first-order chi connectivity index (χ1) is 5.86. The van der Waals surface area contributed by atoms with Gasteiger partial charge < -0.3 is 5.32 Å². The molecule has 1 fully saturated rings. The Morgan fingerprint density at radius 3 is 2.67 bits per heavy atom. The maximum atomic E-state index is 5.05. The number of hydrogen-bond donors (Lipinski definition) is 1. The summed E-state index contributed by atoms with van der Waals surface area (Å²) in [7, 11) is 0.